The van der Waals surface area contributed by atoms with Crippen molar-refractivity contribution in [2.24, 2.45) is 0 Å². The lowest BCUT2D eigenvalue weighted by Crippen LogP contribution is -2.46. The first kappa shape index (κ1) is 22.6. The topological polar surface area (TPSA) is 71.3 Å². The molecule has 176 valence electrons. The third kappa shape index (κ3) is 4.35. The lowest BCUT2D eigenvalue weighted by Gasteiger charge is -2.35. The number of amides is 2. The van der Waals surface area contributed by atoms with Gasteiger partial charge in [-0.1, -0.05) is 70.9 Å². The van der Waals surface area contributed by atoms with Crippen LogP contribution in [-0.2, 0) is 0 Å². The van der Waals surface area contributed by atoms with Crippen LogP contribution in [-0.4, -0.2) is 16.2 Å². The largest absolute Gasteiger partial charge is 0.334 e. The summed E-state index contributed by atoms with van der Waals surface area (Å²) in [7, 11) is 0. The number of hydrogen-bond donors (Lipinski definition) is 1. The maximum atomic E-state index is 13.4. The SMILES string of the molecule is CC1=C(c2nc(-c3ccc(C)cc3)no2)C(c2ccc(C)cc2)NC(=O)N1c1cc(C)cc(C)c1. The van der Waals surface area contributed by atoms with Crippen LogP contribution in [0.5, 0.6) is 0 Å². The number of carbonyl (C=O) groups excluding carboxylic acids is 1. The Labute approximate surface area is 205 Å². The van der Waals surface area contributed by atoms with Gasteiger partial charge in [-0.05, 0) is 63.4 Å². The summed E-state index contributed by atoms with van der Waals surface area (Å²) in [5, 5.41) is 7.44. The van der Waals surface area contributed by atoms with Gasteiger partial charge >= 0.3 is 6.03 Å². The second kappa shape index (κ2) is 8.87. The number of urea groups is 1. The van der Waals surface area contributed by atoms with Crippen LogP contribution in [0.15, 0.2) is 77.0 Å². The van der Waals surface area contributed by atoms with Crippen molar-refractivity contribution in [2.45, 2.75) is 40.7 Å². The van der Waals surface area contributed by atoms with Gasteiger partial charge in [-0.15, -0.1) is 0 Å². The van der Waals surface area contributed by atoms with Crippen molar-refractivity contribution in [1.29, 1.82) is 0 Å². The number of benzene rings is 3. The van der Waals surface area contributed by atoms with E-state index in [0.717, 1.165) is 50.3 Å². The fourth-order valence-electron chi connectivity index (χ4n) is 4.57. The molecular weight excluding hydrogens is 436 g/mol. The predicted octanol–water partition coefficient (Wildman–Crippen LogP) is 6.67. The molecule has 1 N–H and O–H groups in total. The zero-order valence-electron chi connectivity index (χ0n) is 20.6. The Bertz CT molecular complexity index is 1410. The molecule has 0 bridgehead atoms. The number of aromatic nitrogens is 2. The molecule has 35 heavy (non-hydrogen) atoms. The molecule has 6 nitrogen and oxygen atoms in total. The first-order chi connectivity index (χ1) is 16.8. The van der Waals surface area contributed by atoms with Crippen LogP contribution in [0.1, 0.15) is 46.7 Å². The zero-order chi connectivity index (χ0) is 24.7. The molecule has 1 aliphatic rings. The molecule has 1 atom stereocenters. The Morgan fingerprint density at radius 3 is 2.03 bits per heavy atom. The molecule has 0 aliphatic carbocycles. The molecule has 6 heteroatoms. The highest BCUT2D eigenvalue weighted by atomic mass is 16.5. The minimum absolute atomic E-state index is 0.194. The van der Waals surface area contributed by atoms with Gasteiger partial charge in [0.1, 0.15) is 0 Å². The number of anilines is 1. The zero-order valence-corrected chi connectivity index (χ0v) is 20.6. The van der Waals surface area contributed by atoms with Crippen molar-refractivity contribution in [3.8, 4) is 11.4 Å². The average molecular weight is 465 g/mol. The van der Waals surface area contributed by atoms with Gasteiger partial charge in [0.15, 0.2) is 0 Å². The van der Waals surface area contributed by atoms with Crippen molar-refractivity contribution in [1.82, 2.24) is 15.5 Å². The number of aryl methyl sites for hydroxylation is 4. The fourth-order valence-corrected chi connectivity index (χ4v) is 4.57. The highest BCUT2D eigenvalue weighted by molar-refractivity contribution is 6.01. The van der Waals surface area contributed by atoms with Crippen LogP contribution >= 0.6 is 0 Å². The van der Waals surface area contributed by atoms with Gasteiger partial charge < -0.3 is 9.84 Å². The third-order valence-corrected chi connectivity index (χ3v) is 6.33. The minimum Gasteiger partial charge on any atom is -0.334 e. The van der Waals surface area contributed by atoms with E-state index < -0.39 is 6.04 Å². The molecular formula is C29H28N4O2. The van der Waals surface area contributed by atoms with Crippen LogP contribution < -0.4 is 10.2 Å². The highest BCUT2D eigenvalue weighted by Gasteiger charge is 2.36. The van der Waals surface area contributed by atoms with Gasteiger partial charge in [-0.2, -0.15) is 4.98 Å². The fraction of sp³-hybridized carbons (Fsp3) is 0.207. The van der Waals surface area contributed by atoms with Crippen molar-refractivity contribution in [2.75, 3.05) is 4.90 Å². The molecule has 4 aromatic rings. The first-order valence-electron chi connectivity index (χ1n) is 11.7. The summed E-state index contributed by atoms with van der Waals surface area (Å²) in [4.78, 5) is 19.9. The normalized spacial score (nSPS) is 16.0. The quantitative estimate of drug-likeness (QED) is 0.366. The second-order valence-corrected chi connectivity index (χ2v) is 9.26. The maximum absolute atomic E-state index is 13.4. The average Bonchev–Trinajstić information content (AvgIpc) is 3.29. The summed E-state index contributed by atoms with van der Waals surface area (Å²) < 4.78 is 5.80. The van der Waals surface area contributed by atoms with Gasteiger partial charge in [0.25, 0.3) is 5.89 Å². The predicted molar refractivity (Wildman–Crippen MR) is 138 cm³/mol. The summed E-state index contributed by atoms with van der Waals surface area (Å²) in [5.74, 6) is 0.899. The Kier molecular flexibility index (Phi) is 5.73. The van der Waals surface area contributed by atoms with Gasteiger partial charge in [0.2, 0.25) is 5.82 Å². The molecule has 0 spiro atoms. The molecule has 2 heterocycles. The first-order valence-corrected chi connectivity index (χ1v) is 11.7. The minimum atomic E-state index is -0.420. The monoisotopic (exact) mass is 464 g/mol. The van der Waals surface area contributed by atoms with E-state index in [0.29, 0.717) is 11.7 Å². The van der Waals surface area contributed by atoms with Gasteiger partial charge in [-0.3, -0.25) is 4.90 Å². The maximum Gasteiger partial charge on any atom is 0.326 e. The van der Waals surface area contributed by atoms with Gasteiger partial charge in [-0.25, -0.2) is 4.79 Å². The summed E-state index contributed by atoms with van der Waals surface area (Å²) in [6, 6.07) is 21.6. The van der Waals surface area contributed by atoms with Crippen LogP contribution in [0.2, 0.25) is 0 Å². The molecule has 0 radical (unpaired) electrons. The van der Waals surface area contributed by atoms with E-state index in [1.807, 2.05) is 95.3 Å². The molecule has 0 fully saturated rings. The standard InChI is InChI=1S/C29H28N4O2/c1-17-6-10-22(11-7-17)26-25(28-31-27(32-35-28)23-12-8-18(2)9-13-23)21(5)33(29(34)30-26)24-15-19(3)14-20(4)16-24/h6-16,26H,1-5H3,(H,30,34). The van der Waals surface area contributed by atoms with E-state index >= 15 is 0 Å². The summed E-state index contributed by atoms with van der Waals surface area (Å²) >= 11 is 0. The van der Waals surface area contributed by atoms with Gasteiger partial charge in [0.05, 0.1) is 17.3 Å². The molecule has 2 amide bonds. The summed E-state index contributed by atoms with van der Waals surface area (Å²) in [6.07, 6.45) is 0. The van der Waals surface area contributed by atoms with E-state index in [1.165, 1.54) is 0 Å². The summed E-state index contributed by atoms with van der Waals surface area (Å²) in [5.41, 5.74) is 8.64. The molecule has 3 aromatic carbocycles. The van der Waals surface area contributed by atoms with E-state index in [4.69, 9.17) is 9.51 Å². The van der Waals surface area contributed by atoms with Crippen molar-refractivity contribution in [3.05, 3.63) is 106 Å². The van der Waals surface area contributed by atoms with Crippen molar-refractivity contribution < 1.29 is 9.32 Å². The van der Waals surface area contributed by atoms with E-state index in [9.17, 15) is 4.79 Å². The van der Waals surface area contributed by atoms with Crippen LogP contribution in [0.4, 0.5) is 10.5 Å². The molecule has 0 saturated carbocycles. The van der Waals surface area contributed by atoms with E-state index in [-0.39, 0.29) is 6.03 Å². The van der Waals surface area contributed by atoms with E-state index in [2.05, 4.69) is 16.5 Å². The highest BCUT2D eigenvalue weighted by Crippen LogP contribution is 2.39. The van der Waals surface area contributed by atoms with Crippen LogP contribution in [0.25, 0.3) is 17.0 Å². The molecule has 5 rings (SSSR count). The Morgan fingerprint density at radius 1 is 0.800 bits per heavy atom. The number of rotatable bonds is 4. The Balaban J connectivity index is 1.66. The van der Waals surface area contributed by atoms with Crippen LogP contribution in [0.3, 0.4) is 0 Å². The molecule has 0 saturated heterocycles. The smallest absolute Gasteiger partial charge is 0.326 e. The number of nitrogens with one attached hydrogen (secondary N) is 1. The Morgan fingerprint density at radius 2 is 1.40 bits per heavy atom. The lowest BCUT2D eigenvalue weighted by atomic mass is 9.93. The van der Waals surface area contributed by atoms with Crippen molar-refractivity contribution in [3.63, 3.8) is 0 Å². The Hall–Kier alpha value is -4.19. The van der Waals surface area contributed by atoms with E-state index in [1.54, 1.807) is 4.90 Å². The molecule has 1 aromatic heterocycles. The van der Waals surface area contributed by atoms with Crippen molar-refractivity contribution >= 4 is 17.3 Å². The lowest BCUT2D eigenvalue weighted by molar-refractivity contribution is 0.244. The number of allylic oxidation sites excluding steroid dienone is 1. The van der Waals surface area contributed by atoms with Gasteiger partial charge in [0, 0.05) is 11.3 Å². The number of hydrogen-bond acceptors (Lipinski definition) is 4. The molecule has 1 aliphatic heterocycles. The number of nitrogens with zero attached hydrogens (tertiary/aromatic N) is 3. The number of carbonyl (C=O) groups is 1. The summed E-state index contributed by atoms with van der Waals surface area (Å²) in [6.45, 7) is 10.1. The molecule has 1 unspecified atom stereocenters. The second-order valence-electron chi connectivity index (χ2n) is 9.26. The third-order valence-electron chi connectivity index (χ3n) is 6.33. The van der Waals surface area contributed by atoms with Crippen LogP contribution in [0, 0.1) is 27.7 Å².